The minimum absolute atomic E-state index is 0.396. The Morgan fingerprint density at radius 3 is 1.59 bits per heavy atom. The monoisotopic (exact) mass is 388 g/mol. The molecule has 0 aliphatic carbocycles. The zero-order chi connectivity index (χ0) is 19.8. The highest BCUT2D eigenvalue weighted by molar-refractivity contribution is 7.15. The molecule has 2 aliphatic heterocycles. The second-order valence-corrected chi connectivity index (χ2v) is 10.1. The highest BCUT2D eigenvalue weighted by atomic mass is 32.1. The van der Waals surface area contributed by atoms with Gasteiger partial charge in [0.25, 0.3) is 0 Å². The van der Waals surface area contributed by atoms with Crippen LogP contribution in [-0.2, 0) is 18.6 Å². The molecule has 3 heterocycles. The number of nitrogens with zero attached hydrogens (tertiary/aromatic N) is 2. The Balaban J connectivity index is 1.73. The summed E-state index contributed by atoms with van der Waals surface area (Å²) in [6, 6.07) is 4.01. The van der Waals surface area contributed by atoms with Gasteiger partial charge in [0.15, 0.2) is 0 Å². The van der Waals surface area contributed by atoms with Crippen LogP contribution in [0, 0.1) is 0 Å². The van der Waals surface area contributed by atoms with Gasteiger partial charge in [0, 0.05) is 10.9 Å². The fraction of sp³-hybridized carbons (Fsp3) is 0.667. The molecule has 0 saturated carbocycles. The number of hydrogen-bond acceptors (Lipinski definition) is 7. The average molecular weight is 388 g/mol. The lowest BCUT2D eigenvalue weighted by atomic mass is 9.73. The molecule has 0 radical (unpaired) electrons. The van der Waals surface area contributed by atoms with Gasteiger partial charge in [-0.1, -0.05) is 16.6 Å². The molecular formula is C18H26B2N2O4S. The predicted molar refractivity (Wildman–Crippen MR) is 109 cm³/mol. The van der Waals surface area contributed by atoms with Crippen LogP contribution in [0.5, 0.6) is 0 Å². The first-order valence-electron chi connectivity index (χ1n) is 9.31. The van der Waals surface area contributed by atoms with E-state index in [4.69, 9.17) is 18.6 Å². The second-order valence-electron chi connectivity index (χ2n) is 9.37. The smallest absolute Gasteiger partial charge is 0.399 e. The SMILES string of the molecule is CC1(C)OB(c2ccc(B3OC(C)(C)C(C)(C)O3)c3snnc23)OC1(C)C. The summed E-state index contributed by atoms with van der Waals surface area (Å²) in [5.74, 6) is 0. The van der Waals surface area contributed by atoms with Gasteiger partial charge in [-0.25, -0.2) is 0 Å². The van der Waals surface area contributed by atoms with Gasteiger partial charge in [-0.2, -0.15) is 0 Å². The Labute approximate surface area is 165 Å². The molecule has 0 unspecified atom stereocenters. The van der Waals surface area contributed by atoms with Gasteiger partial charge >= 0.3 is 14.2 Å². The van der Waals surface area contributed by atoms with E-state index in [0.29, 0.717) is 0 Å². The lowest BCUT2D eigenvalue weighted by Crippen LogP contribution is -2.41. The molecule has 0 amide bonds. The highest BCUT2D eigenvalue weighted by Gasteiger charge is 2.54. The average Bonchev–Trinajstić information content (AvgIpc) is 3.13. The van der Waals surface area contributed by atoms with Crippen molar-refractivity contribution in [2.24, 2.45) is 0 Å². The molecule has 1 aromatic carbocycles. The molecule has 2 saturated heterocycles. The molecule has 4 rings (SSSR count). The van der Waals surface area contributed by atoms with Crippen LogP contribution < -0.4 is 10.9 Å². The normalized spacial score (nSPS) is 25.5. The van der Waals surface area contributed by atoms with Crippen LogP contribution >= 0.6 is 11.5 Å². The van der Waals surface area contributed by atoms with E-state index in [2.05, 4.69) is 9.59 Å². The maximum atomic E-state index is 6.23. The quantitative estimate of drug-likeness (QED) is 0.736. The van der Waals surface area contributed by atoms with E-state index in [9.17, 15) is 0 Å². The summed E-state index contributed by atoms with van der Waals surface area (Å²) >= 11 is 1.34. The summed E-state index contributed by atoms with van der Waals surface area (Å²) in [5, 5.41) is 4.36. The maximum absolute atomic E-state index is 6.23. The topological polar surface area (TPSA) is 62.7 Å². The van der Waals surface area contributed by atoms with Gasteiger partial charge in [0.05, 0.1) is 27.1 Å². The van der Waals surface area contributed by atoms with Crippen molar-refractivity contribution in [3.8, 4) is 0 Å². The van der Waals surface area contributed by atoms with Crippen molar-refractivity contribution in [3.63, 3.8) is 0 Å². The van der Waals surface area contributed by atoms with E-state index in [1.807, 2.05) is 67.5 Å². The first kappa shape index (κ1) is 19.3. The third-order valence-electron chi connectivity index (χ3n) is 6.48. The summed E-state index contributed by atoms with van der Waals surface area (Å²) in [6.07, 6.45) is 0. The minimum Gasteiger partial charge on any atom is -0.399 e. The zero-order valence-electron chi connectivity index (χ0n) is 17.2. The van der Waals surface area contributed by atoms with E-state index in [0.717, 1.165) is 21.1 Å². The lowest BCUT2D eigenvalue weighted by molar-refractivity contribution is 0.00578. The molecule has 0 spiro atoms. The Morgan fingerprint density at radius 1 is 0.704 bits per heavy atom. The van der Waals surface area contributed by atoms with Crippen LogP contribution in [-0.4, -0.2) is 46.2 Å². The predicted octanol–water partition coefficient (Wildman–Crippen LogP) is 2.29. The van der Waals surface area contributed by atoms with E-state index < -0.39 is 36.6 Å². The van der Waals surface area contributed by atoms with Crippen LogP contribution in [0.15, 0.2) is 12.1 Å². The molecule has 27 heavy (non-hydrogen) atoms. The number of fused-ring (bicyclic) bond motifs is 1. The van der Waals surface area contributed by atoms with Gasteiger partial charge < -0.3 is 18.6 Å². The van der Waals surface area contributed by atoms with E-state index in [1.54, 1.807) is 0 Å². The number of aromatic nitrogens is 2. The molecule has 0 N–H and O–H groups in total. The first-order valence-corrected chi connectivity index (χ1v) is 10.1. The summed E-state index contributed by atoms with van der Waals surface area (Å²) in [4.78, 5) is 0. The van der Waals surface area contributed by atoms with Crippen LogP contribution in [0.2, 0.25) is 0 Å². The molecule has 2 aliphatic rings. The summed E-state index contributed by atoms with van der Waals surface area (Å²) in [5.41, 5.74) is 1.01. The molecular weight excluding hydrogens is 362 g/mol. The van der Waals surface area contributed by atoms with Crippen molar-refractivity contribution in [1.82, 2.24) is 9.59 Å². The van der Waals surface area contributed by atoms with Gasteiger partial charge in [-0.05, 0) is 66.9 Å². The third-order valence-corrected chi connectivity index (χ3v) is 7.26. The first-order chi connectivity index (χ1) is 12.3. The Hall–Kier alpha value is -0.990. The molecule has 1 aromatic heterocycles. The van der Waals surface area contributed by atoms with Crippen LogP contribution in [0.3, 0.4) is 0 Å². The lowest BCUT2D eigenvalue weighted by Gasteiger charge is -2.32. The molecule has 0 atom stereocenters. The van der Waals surface area contributed by atoms with Gasteiger partial charge in [0.1, 0.15) is 5.52 Å². The van der Waals surface area contributed by atoms with Gasteiger partial charge in [-0.15, -0.1) is 5.10 Å². The zero-order valence-corrected chi connectivity index (χ0v) is 18.1. The van der Waals surface area contributed by atoms with Crippen LogP contribution in [0.25, 0.3) is 10.2 Å². The minimum atomic E-state index is -0.478. The second kappa shape index (κ2) is 5.76. The number of benzene rings is 1. The summed E-state index contributed by atoms with van der Waals surface area (Å²) in [7, 11) is -0.930. The molecule has 9 heteroatoms. The fourth-order valence-electron chi connectivity index (χ4n) is 3.22. The largest absolute Gasteiger partial charge is 0.497 e. The van der Waals surface area contributed by atoms with Crippen LogP contribution in [0.4, 0.5) is 0 Å². The van der Waals surface area contributed by atoms with Crippen LogP contribution in [0.1, 0.15) is 55.4 Å². The summed E-state index contributed by atoms with van der Waals surface area (Å²) < 4.78 is 30.0. The standard InChI is InChI=1S/C18H26B2N2O4S/c1-15(2)16(3,4)24-19(23-15)11-9-10-12(14-13(11)21-22-27-14)20-25-17(5,6)18(7,8)26-20/h9-10H,1-8H3. The van der Waals surface area contributed by atoms with Crippen molar-refractivity contribution in [3.05, 3.63) is 12.1 Å². The molecule has 6 nitrogen and oxygen atoms in total. The van der Waals surface area contributed by atoms with Crippen molar-refractivity contribution in [2.75, 3.05) is 0 Å². The number of hydrogen-bond donors (Lipinski definition) is 0. The van der Waals surface area contributed by atoms with E-state index >= 15 is 0 Å². The Bertz CT molecular complexity index is 795. The van der Waals surface area contributed by atoms with Crippen molar-refractivity contribution in [2.45, 2.75) is 77.8 Å². The molecule has 144 valence electrons. The van der Waals surface area contributed by atoms with Crippen molar-refractivity contribution < 1.29 is 18.6 Å². The molecule has 0 bridgehead atoms. The molecule has 2 aromatic rings. The van der Waals surface area contributed by atoms with Crippen molar-refractivity contribution in [1.29, 1.82) is 0 Å². The van der Waals surface area contributed by atoms with E-state index in [1.165, 1.54) is 11.5 Å². The van der Waals surface area contributed by atoms with Crippen molar-refractivity contribution >= 4 is 46.9 Å². The highest BCUT2D eigenvalue weighted by Crippen LogP contribution is 2.38. The Morgan fingerprint density at radius 2 is 1.11 bits per heavy atom. The van der Waals surface area contributed by atoms with Gasteiger partial charge in [0.2, 0.25) is 0 Å². The fourth-order valence-corrected chi connectivity index (χ4v) is 3.94. The number of rotatable bonds is 2. The third kappa shape index (κ3) is 2.86. The van der Waals surface area contributed by atoms with E-state index in [-0.39, 0.29) is 0 Å². The van der Waals surface area contributed by atoms with Gasteiger partial charge in [-0.3, -0.25) is 0 Å². The Kier molecular flexibility index (Phi) is 4.13. The maximum Gasteiger partial charge on any atom is 0.497 e. The summed E-state index contributed by atoms with van der Waals surface area (Å²) in [6.45, 7) is 16.4. The molecule has 2 fully saturated rings.